The Morgan fingerprint density at radius 3 is 2.75 bits per heavy atom. The van der Waals surface area contributed by atoms with Crippen LogP contribution in [0.15, 0.2) is 53.3 Å². The Kier molecular flexibility index (Phi) is 5.59. The number of aromatic nitrogens is 2. The second-order valence-electron chi connectivity index (χ2n) is 6.87. The zero-order valence-electron chi connectivity index (χ0n) is 17.1. The average molecular weight is 440 g/mol. The fraction of sp³-hybridized carbons (Fsp3) is 0.136. The Balaban J connectivity index is 1.72. The Bertz CT molecular complexity index is 1320. The van der Waals surface area contributed by atoms with Crippen molar-refractivity contribution in [3.8, 4) is 0 Å². The summed E-state index contributed by atoms with van der Waals surface area (Å²) < 4.78 is 38.9. The highest BCUT2D eigenvalue weighted by atomic mass is 19.2. The van der Waals surface area contributed by atoms with E-state index in [1.165, 1.54) is 42.3 Å². The van der Waals surface area contributed by atoms with Crippen molar-refractivity contribution in [2.45, 2.75) is 6.54 Å². The topological polar surface area (TPSA) is 98.4 Å². The molecule has 0 saturated heterocycles. The number of anilines is 2. The number of methoxy groups -OCH3 is 1. The number of hydrogen-bond donors (Lipinski definition) is 2. The van der Waals surface area contributed by atoms with E-state index in [4.69, 9.17) is 9.15 Å². The summed E-state index contributed by atoms with van der Waals surface area (Å²) in [6, 6.07) is 8.61. The molecule has 2 N–H and O–H groups in total. The Morgan fingerprint density at radius 2 is 2.03 bits per heavy atom. The highest BCUT2D eigenvalue weighted by Crippen LogP contribution is 2.32. The van der Waals surface area contributed by atoms with Gasteiger partial charge in [0.1, 0.15) is 5.65 Å². The van der Waals surface area contributed by atoms with E-state index >= 15 is 0 Å². The number of fused-ring (bicyclic) bond motifs is 1. The van der Waals surface area contributed by atoms with Crippen molar-refractivity contribution in [1.82, 2.24) is 9.55 Å². The number of nitrogens with one attached hydrogen (secondary N) is 2. The van der Waals surface area contributed by atoms with Gasteiger partial charge in [0.05, 0.1) is 30.9 Å². The van der Waals surface area contributed by atoms with E-state index in [0.717, 1.165) is 6.07 Å². The fourth-order valence-electron chi connectivity index (χ4n) is 3.33. The molecule has 0 atom stereocenters. The predicted molar refractivity (Wildman–Crippen MR) is 112 cm³/mol. The van der Waals surface area contributed by atoms with Gasteiger partial charge in [0.2, 0.25) is 0 Å². The number of rotatable bonds is 6. The quantitative estimate of drug-likeness (QED) is 0.438. The maximum Gasteiger partial charge on any atom is 0.356 e. The lowest BCUT2D eigenvalue weighted by atomic mass is 10.2. The summed E-state index contributed by atoms with van der Waals surface area (Å²) in [4.78, 5) is 29.3. The van der Waals surface area contributed by atoms with Crippen LogP contribution >= 0.6 is 0 Å². The molecule has 1 aromatic carbocycles. The molecule has 3 aromatic heterocycles. The first-order valence-corrected chi connectivity index (χ1v) is 9.49. The number of pyridine rings is 1. The number of nitrogens with zero attached hydrogens (tertiary/aromatic N) is 2. The standard InChI is InChI=1S/C22H18F2N4O4/c1-28-19(22(30)31-2)18(27-21(29)16-7-4-8-32-16)14-9-13(11-26-20(14)28)25-10-12-5-3-6-15(23)17(12)24/h3-9,11,25H,10H2,1-2H3,(H,27,29). The van der Waals surface area contributed by atoms with Crippen LogP contribution in [0.25, 0.3) is 11.0 Å². The molecule has 164 valence electrons. The minimum absolute atomic E-state index is 0.00155. The van der Waals surface area contributed by atoms with Crippen molar-refractivity contribution in [1.29, 1.82) is 0 Å². The molecular weight excluding hydrogens is 422 g/mol. The Morgan fingerprint density at radius 1 is 1.22 bits per heavy atom. The summed E-state index contributed by atoms with van der Waals surface area (Å²) in [5.74, 6) is -3.05. The highest BCUT2D eigenvalue weighted by molar-refractivity contribution is 6.14. The second-order valence-corrected chi connectivity index (χ2v) is 6.87. The molecule has 0 radical (unpaired) electrons. The molecule has 0 fully saturated rings. The van der Waals surface area contributed by atoms with Crippen LogP contribution in [-0.4, -0.2) is 28.5 Å². The maximum atomic E-state index is 13.9. The molecule has 0 aliphatic carbocycles. The molecule has 0 unspecified atom stereocenters. The van der Waals surface area contributed by atoms with Crippen LogP contribution in [0.5, 0.6) is 0 Å². The van der Waals surface area contributed by atoms with Gasteiger partial charge in [-0.1, -0.05) is 12.1 Å². The zero-order valence-corrected chi connectivity index (χ0v) is 17.1. The van der Waals surface area contributed by atoms with Crippen LogP contribution in [-0.2, 0) is 18.3 Å². The lowest BCUT2D eigenvalue weighted by molar-refractivity contribution is 0.0591. The SMILES string of the molecule is COC(=O)c1c(NC(=O)c2ccco2)c2cc(NCc3cccc(F)c3F)cnc2n1C. The first-order chi connectivity index (χ1) is 15.4. The fourth-order valence-corrected chi connectivity index (χ4v) is 3.33. The van der Waals surface area contributed by atoms with E-state index in [2.05, 4.69) is 15.6 Å². The van der Waals surface area contributed by atoms with Crippen molar-refractivity contribution in [3.05, 3.63) is 77.5 Å². The number of amides is 1. The van der Waals surface area contributed by atoms with Crippen molar-refractivity contribution in [2.75, 3.05) is 17.7 Å². The molecule has 3 heterocycles. The predicted octanol–water partition coefficient (Wildman–Crippen LogP) is 4.10. The number of benzene rings is 1. The molecule has 0 bridgehead atoms. The van der Waals surface area contributed by atoms with E-state index in [1.54, 1.807) is 19.2 Å². The van der Waals surface area contributed by atoms with E-state index < -0.39 is 23.5 Å². The summed E-state index contributed by atoms with van der Waals surface area (Å²) in [7, 11) is 2.84. The number of esters is 1. The minimum Gasteiger partial charge on any atom is -0.464 e. The van der Waals surface area contributed by atoms with Crippen molar-refractivity contribution >= 4 is 34.3 Å². The smallest absolute Gasteiger partial charge is 0.356 e. The van der Waals surface area contributed by atoms with E-state index in [1.807, 2.05) is 0 Å². The molecule has 0 aliphatic rings. The molecular formula is C22H18F2N4O4. The number of ether oxygens (including phenoxy) is 1. The first-order valence-electron chi connectivity index (χ1n) is 9.49. The molecule has 10 heteroatoms. The summed E-state index contributed by atoms with van der Waals surface area (Å²) in [6.45, 7) is 0.00155. The molecule has 4 aromatic rings. The van der Waals surface area contributed by atoms with E-state index in [0.29, 0.717) is 16.7 Å². The number of halogens is 2. The summed E-state index contributed by atoms with van der Waals surface area (Å²) in [6.07, 6.45) is 2.84. The Labute approximate surface area is 180 Å². The van der Waals surface area contributed by atoms with Crippen molar-refractivity contribution < 1.29 is 27.5 Å². The van der Waals surface area contributed by atoms with Crippen LogP contribution in [0.4, 0.5) is 20.2 Å². The molecule has 32 heavy (non-hydrogen) atoms. The third kappa shape index (κ3) is 3.78. The lowest BCUT2D eigenvalue weighted by Gasteiger charge is -2.09. The molecule has 0 saturated carbocycles. The zero-order chi connectivity index (χ0) is 22.8. The number of carbonyl (C=O) groups is 2. The van der Waals surface area contributed by atoms with Gasteiger partial charge in [0.15, 0.2) is 23.1 Å². The third-order valence-electron chi connectivity index (χ3n) is 4.90. The van der Waals surface area contributed by atoms with Gasteiger partial charge in [0.25, 0.3) is 5.91 Å². The van der Waals surface area contributed by atoms with Gasteiger partial charge in [0, 0.05) is 24.5 Å². The monoisotopic (exact) mass is 440 g/mol. The molecule has 8 nitrogen and oxygen atoms in total. The van der Waals surface area contributed by atoms with E-state index in [-0.39, 0.29) is 29.2 Å². The summed E-state index contributed by atoms with van der Waals surface area (Å²) in [5, 5.41) is 6.10. The van der Waals surface area contributed by atoms with Gasteiger partial charge in [-0.05, 0) is 24.3 Å². The van der Waals surface area contributed by atoms with Crippen LogP contribution < -0.4 is 10.6 Å². The normalized spacial score (nSPS) is 10.9. The summed E-state index contributed by atoms with van der Waals surface area (Å²) in [5.41, 5.74) is 1.28. The van der Waals surface area contributed by atoms with E-state index in [9.17, 15) is 18.4 Å². The van der Waals surface area contributed by atoms with Gasteiger partial charge >= 0.3 is 5.97 Å². The Hall–Kier alpha value is -4.21. The van der Waals surface area contributed by atoms with Crippen LogP contribution in [0.3, 0.4) is 0 Å². The van der Waals surface area contributed by atoms with Crippen LogP contribution in [0, 0.1) is 11.6 Å². The van der Waals surface area contributed by atoms with Gasteiger partial charge in [-0.3, -0.25) is 4.79 Å². The van der Waals surface area contributed by atoms with Crippen LogP contribution in [0.1, 0.15) is 26.6 Å². The number of hydrogen-bond acceptors (Lipinski definition) is 6. The number of furan rings is 1. The molecule has 0 aliphatic heterocycles. The average Bonchev–Trinajstić information content (AvgIpc) is 3.42. The lowest BCUT2D eigenvalue weighted by Crippen LogP contribution is -2.16. The number of carbonyl (C=O) groups excluding carboxylic acids is 2. The second kappa shape index (κ2) is 8.50. The minimum atomic E-state index is -0.938. The maximum absolute atomic E-state index is 13.9. The van der Waals surface area contributed by atoms with Gasteiger partial charge in [-0.2, -0.15) is 0 Å². The van der Waals surface area contributed by atoms with Crippen LogP contribution in [0.2, 0.25) is 0 Å². The molecule has 0 spiro atoms. The van der Waals surface area contributed by atoms with Crippen molar-refractivity contribution in [3.63, 3.8) is 0 Å². The highest BCUT2D eigenvalue weighted by Gasteiger charge is 2.25. The first kappa shape index (κ1) is 21.0. The largest absolute Gasteiger partial charge is 0.464 e. The van der Waals surface area contributed by atoms with Gasteiger partial charge in [-0.25, -0.2) is 18.6 Å². The molecule has 1 amide bonds. The molecule has 4 rings (SSSR count). The van der Waals surface area contributed by atoms with Gasteiger partial charge in [-0.15, -0.1) is 0 Å². The third-order valence-corrected chi connectivity index (χ3v) is 4.90. The van der Waals surface area contributed by atoms with Crippen molar-refractivity contribution in [2.24, 2.45) is 7.05 Å². The van der Waals surface area contributed by atoms with Gasteiger partial charge < -0.3 is 24.4 Å². The number of aryl methyl sites for hydroxylation is 1. The summed E-state index contributed by atoms with van der Waals surface area (Å²) >= 11 is 0.